The van der Waals surface area contributed by atoms with E-state index in [0.717, 1.165) is 5.52 Å². The van der Waals surface area contributed by atoms with Gasteiger partial charge in [0.05, 0.1) is 11.7 Å². The van der Waals surface area contributed by atoms with Crippen LogP contribution < -0.4 is 0 Å². The Hall–Kier alpha value is -1.31. The first-order valence-electron chi connectivity index (χ1n) is 6.26. The maximum absolute atomic E-state index is 3.92. The van der Waals surface area contributed by atoms with E-state index < -0.39 is 0 Å². The Morgan fingerprint density at radius 3 is 2.06 bits per heavy atom. The average molecular weight is 222 g/mol. The highest BCUT2D eigenvalue weighted by atomic mass is 15.1. The zero-order valence-electron chi connectivity index (χ0n) is 11.8. The van der Waals surface area contributed by atoms with Crippen molar-refractivity contribution in [1.29, 1.82) is 0 Å². The number of hydrogen-bond acceptors (Lipinski definition) is 1. The topological polar surface area (TPSA) is 28.7 Å². The lowest BCUT2D eigenvalue weighted by Crippen LogP contribution is -1.70. The molecule has 0 atom stereocenters. The van der Waals surface area contributed by atoms with Gasteiger partial charge in [-0.25, -0.2) is 0 Å². The highest BCUT2D eigenvalue weighted by Crippen LogP contribution is 2.10. The summed E-state index contributed by atoms with van der Waals surface area (Å²) >= 11 is 0. The van der Waals surface area contributed by atoms with Crippen molar-refractivity contribution < 1.29 is 0 Å². The molecule has 0 unspecified atom stereocenters. The molecule has 1 aromatic heterocycles. The van der Waals surface area contributed by atoms with Gasteiger partial charge in [-0.15, -0.1) is 0 Å². The molecule has 2 heteroatoms. The number of fused-ring (bicyclic) bond motifs is 1. The van der Waals surface area contributed by atoms with Crippen LogP contribution in [0.25, 0.3) is 10.9 Å². The van der Waals surface area contributed by atoms with E-state index in [9.17, 15) is 0 Å². The van der Waals surface area contributed by atoms with Gasteiger partial charge in [0.15, 0.2) is 0 Å². The van der Waals surface area contributed by atoms with Gasteiger partial charge < -0.3 is 0 Å². The van der Waals surface area contributed by atoms with Crippen LogP contribution in [-0.4, -0.2) is 10.2 Å². The first-order valence-corrected chi connectivity index (χ1v) is 6.26. The summed E-state index contributed by atoms with van der Waals surface area (Å²) in [4.78, 5) is 0. The van der Waals surface area contributed by atoms with Crippen molar-refractivity contribution in [3.05, 3.63) is 30.0 Å². The molecule has 2 aromatic rings. The lowest BCUT2D eigenvalue weighted by molar-refractivity contribution is 1.12. The minimum atomic E-state index is 1.11. The van der Waals surface area contributed by atoms with Crippen LogP contribution in [0, 0.1) is 6.92 Å². The van der Waals surface area contributed by atoms with Crippen molar-refractivity contribution >= 4 is 10.9 Å². The zero-order valence-corrected chi connectivity index (χ0v) is 11.8. The Kier molecular flexibility index (Phi) is 12.6. The second-order valence-corrected chi connectivity index (χ2v) is 2.46. The molecule has 0 fully saturated rings. The predicted octanol–water partition coefficient (Wildman–Crippen LogP) is 4.95. The molecule has 0 spiro atoms. The third-order valence-electron chi connectivity index (χ3n) is 1.60. The van der Waals surface area contributed by atoms with Gasteiger partial charge in [-0.3, -0.25) is 5.10 Å². The van der Waals surface area contributed by atoms with Crippen molar-refractivity contribution in [3.8, 4) is 0 Å². The van der Waals surface area contributed by atoms with Gasteiger partial charge in [-0.2, -0.15) is 5.10 Å². The van der Waals surface area contributed by atoms with Crippen molar-refractivity contribution in [1.82, 2.24) is 10.2 Å². The molecule has 0 saturated carbocycles. The first kappa shape index (κ1) is 17.1. The minimum Gasteiger partial charge on any atom is -0.278 e. The number of H-pyrrole nitrogens is 1. The maximum Gasteiger partial charge on any atom is 0.0652 e. The predicted molar refractivity (Wildman–Crippen MR) is 74.9 cm³/mol. The summed E-state index contributed by atoms with van der Waals surface area (Å²) in [7, 11) is 0. The molecule has 16 heavy (non-hydrogen) atoms. The lowest BCUT2D eigenvalue weighted by Gasteiger charge is -1.89. The molecule has 1 N–H and O–H groups in total. The molecule has 0 bridgehead atoms. The maximum atomic E-state index is 3.92. The number of aryl methyl sites for hydroxylation is 1. The van der Waals surface area contributed by atoms with Crippen LogP contribution in [0.1, 0.15) is 47.1 Å². The normalized spacial score (nSPS) is 7.69. The van der Waals surface area contributed by atoms with Crippen LogP contribution in [0.5, 0.6) is 0 Å². The Labute approximate surface area is 100 Å². The fourth-order valence-electron chi connectivity index (χ4n) is 1.05. The van der Waals surface area contributed by atoms with E-state index in [-0.39, 0.29) is 0 Å². The largest absolute Gasteiger partial charge is 0.278 e. The van der Waals surface area contributed by atoms with Crippen LogP contribution in [0.3, 0.4) is 0 Å². The van der Waals surface area contributed by atoms with E-state index in [1.54, 1.807) is 0 Å². The van der Waals surface area contributed by atoms with Gasteiger partial charge in [0.25, 0.3) is 0 Å². The molecule has 0 aliphatic carbocycles. The molecule has 0 aliphatic heterocycles. The summed E-state index contributed by atoms with van der Waals surface area (Å²) in [5.74, 6) is 0. The van der Waals surface area contributed by atoms with Gasteiger partial charge in [0, 0.05) is 5.39 Å². The minimum absolute atomic E-state index is 1.11. The lowest BCUT2D eigenvalue weighted by atomic mass is 10.2. The molecule has 0 aliphatic rings. The van der Waals surface area contributed by atoms with Crippen molar-refractivity contribution in [2.24, 2.45) is 0 Å². The van der Waals surface area contributed by atoms with Crippen LogP contribution in [0.2, 0.25) is 0 Å². The molecule has 92 valence electrons. The van der Waals surface area contributed by atoms with Crippen LogP contribution in [0.4, 0.5) is 0 Å². The van der Waals surface area contributed by atoms with Gasteiger partial charge in [0.2, 0.25) is 0 Å². The molecule has 0 saturated heterocycles. The van der Waals surface area contributed by atoms with Gasteiger partial charge in [-0.1, -0.05) is 53.7 Å². The standard InChI is InChI=1S/C8H8N2.3C2H6/c1-6-2-3-7-5-9-10-8(7)4-6;3*1-2/h2-5H,1H3,(H,9,10);3*1-2H3. The molecule has 1 heterocycles. The number of hydrogen-bond donors (Lipinski definition) is 1. The van der Waals surface area contributed by atoms with E-state index in [4.69, 9.17) is 0 Å². The van der Waals surface area contributed by atoms with Crippen molar-refractivity contribution in [2.45, 2.75) is 48.5 Å². The number of nitrogens with one attached hydrogen (secondary N) is 1. The third-order valence-corrected chi connectivity index (χ3v) is 1.60. The van der Waals surface area contributed by atoms with Crippen molar-refractivity contribution in [2.75, 3.05) is 0 Å². The zero-order chi connectivity index (χ0) is 13.0. The van der Waals surface area contributed by atoms with E-state index in [2.05, 4.69) is 35.3 Å². The van der Waals surface area contributed by atoms with Crippen LogP contribution in [-0.2, 0) is 0 Å². The molecule has 2 rings (SSSR count). The van der Waals surface area contributed by atoms with Crippen LogP contribution >= 0.6 is 0 Å². The number of benzene rings is 1. The smallest absolute Gasteiger partial charge is 0.0652 e. The molecule has 2 nitrogen and oxygen atoms in total. The van der Waals surface area contributed by atoms with Crippen LogP contribution in [0.15, 0.2) is 24.4 Å². The SMILES string of the molecule is CC.CC.CC.Cc1ccc2cn[nH]c2c1. The average Bonchev–Trinajstić information content (AvgIpc) is 2.84. The molecule has 1 aromatic carbocycles. The summed E-state index contributed by atoms with van der Waals surface area (Å²) in [6, 6.07) is 6.23. The van der Waals surface area contributed by atoms with Gasteiger partial charge in [0.1, 0.15) is 0 Å². The van der Waals surface area contributed by atoms with Gasteiger partial charge >= 0.3 is 0 Å². The van der Waals surface area contributed by atoms with Gasteiger partial charge in [-0.05, 0) is 18.6 Å². The molecule has 0 amide bonds. The Morgan fingerprint density at radius 1 is 0.938 bits per heavy atom. The number of aromatic nitrogens is 2. The van der Waals surface area contributed by atoms with E-state index in [1.807, 2.05) is 47.7 Å². The molecular weight excluding hydrogens is 196 g/mol. The fourth-order valence-corrected chi connectivity index (χ4v) is 1.05. The summed E-state index contributed by atoms with van der Waals surface area (Å²) in [5.41, 5.74) is 2.37. The molecular formula is C14H26N2. The number of rotatable bonds is 0. The number of nitrogens with zero attached hydrogens (tertiary/aromatic N) is 1. The molecule has 0 radical (unpaired) electrons. The Balaban J connectivity index is 0. The second-order valence-electron chi connectivity index (χ2n) is 2.46. The highest BCUT2D eigenvalue weighted by molar-refractivity contribution is 5.78. The highest BCUT2D eigenvalue weighted by Gasteiger charge is 1.92. The first-order chi connectivity index (χ1) is 7.86. The summed E-state index contributed by atoms with van der Waals surface area (Å²) in [6.45, 7) is 14.1. The fraction of sp³-hybridized carbons (Fsp3) is 0.500. The Morgan fingerprint density at radius 2 is 1.50 bits per heavy atom. The monoisotopic (exact) mass is 222 g/mol. The quantitative estimate of drug-likeness (QED) is 0.671. The summed E-state index contributed by atoms with van der Waals surface area (Å²) in [6.07, 6.45) is 1.83. The summed E-state index contributed by atoms with van der Waals surface area (Å²) in [5, 5.41) is 8.00. The van der Waals surface area contributed by atoms with E-state index in [0.29, 0.717) is 0 Å². The summed E-state index contributed by atoms with van der Waals surface area (Å²) < 4.78 is 0. The third kappa shape index (κ3) is 5.54. The van der Waals surface area contributed by atoms with Crippen molar-refractivity contribution in [3.63, 3.8) is 0 Å². The number of aromatic amines is 1. The van der Waals surface area contributed by atoms with E-state index >= 15 is 0 Å². The van der Waals surface area contributed by atoms with E-state index in [1.165, 1.54) is 10.9 Å². The second kappa shape index (κ2) is 11.8. The Bertz CT molecular complexity index is 350.